The van der Waals surface area contributed by atoms with Gasteiger partial charge >= 0.3 is 0 Å². The van der Waals surface area contributed by atoms with Crippen molar-refractivity contribution in [3.8, 4) is 0 Å². The first-order chi connectivity index (χ1) is 9.08. The van der Waals surface area contributed by atoms with E-state index in [9.17, 15) is 0 Å². The molecule has 1 aromatic rings. The predicted molar refractivity (Wildman–Crippen MR) is 83.3 cm³/mol. The summed E-state index contributed by atoms with van der Waals surface area (Å²) in [5.41, 5.74) is 5.52. The number of hydrogen-bond acceptors (Lipinski definition) is 1. The first-order valence-corrected chi connectivity index (χ1v) is 7.37. The van der Waals surface area contributed by atoms with E-state index < -0.39 is 0 Å². The van der Waals surface area contributed by atoms with Gasteiger partial charge in [0.15, 0.2) is 0 Å². The van der Waals surface area contributed by atoms with E-state index in [4.69, 9.17) is 11.6 Å². The Labute approximate surface area is 121 Å². The van der Waals surface area contributed by atoms with Crippen LogP contribution in [0.4, 0.5) is 0 Å². The Balaban J connectivity index is 2.48. The third-order valence-electron chi connectivity index (χ3n) is 3.98. The van der Waals surface area contributed by atoms with E-state index >= 15 is 0 Å². The maximum absolute atomic E-state index is 6.14. The van der Waals surface area contributed by atoms with E-state index in [1.807, 2.05) is 12.1 Å². The van der Waals surface area contributed by atoms with Crippen molar-refractivity contribution in [3.05, 3.63) is 57.9 Å². The molecule has 0 N–H and O–H groups in total. The molecular weight excluding hydrogens is 254 g/mol. The van der Waals surface area contributed by atoms with Crippen LogP contribution >= 0.6 is 11.6 Å². The summed E-state index contributed by atoms with van der Waals surface area (Å²) in [6, 6.07) is 8.23. The van der Waals surface area contributed by atoms with Crippen LogP contribution < -0.4 is 0 Å². The Morgan fingerprint density at radius 2 is 1.95 bits per heavy atom. The minimum absolute atomic E-state index is 0.367. The summed E-state index contributed by atoms with van der Waals surface area (Å²) < 4.78 is 0. The average Bonchev–Trinajstić information content (AvgIpc) is 2.38. The number of allylic oxidation sites excluding steroid dienone is 4. The second-order valence-electron chi connectivity index (χ2n) is 5.05. The van der Waals surface area contributed by atoms with Gasteiger partial charge in [0, 0.05) is 28.9 Å². The second-order valence-corrected chi connectivity index (χ2v) is 5.49. The minimum Gasteiger partial charge on any atom is -0.350 e. The summed E-state index contributed by atoms with van der Waals surface area (Å²) in [5.74, 6) is 0.367. The van der Waals surface area contributed by atoms with Crippen LogP contribution in [0.3, 0.4) is 0 Å². The van der Waals surface area contributed by atoms with Crippen molar-refractivity contribution in [1.29, 1.82) is 0 Å². The second kappa shape index (κ2) is 5.83. The number of benzene rings is 1. The van der Waals surface area contributed by atoms with Crippen molar-refractivity contribution >= 4 is 11.6 Å². The molecule has 0 aromatic heterocycles. The van der Waals surface area contributed by atoms with Crippen LogP contribution in [-0.4, -0.2) is 11.4 Å². The summed E-state index contributed by atoms with van der Waals surface area (Å²) in [5, 5.41) is 0.814. The van der Waals surface area contributed by atoms with Gasteiger partial charge in [-0.1, -0.05) is 36.7 Å². The zero-order chi connectivity index (χ0) is 14.0. The molecule has 0 amide bonds. The van der Waals surface area contributed by atoms with Gasteiger partial charge < -0.3 is 4.90 Å². The summed E-state index contributed by atoms with van der Waals surface area (Å²) >= 11 is 6.14. The van der Waals surface area contributed by atoms with Crippen molar-refractivity contribution in [3.63, 3.8) is 0 Å². The van der Waals surface area contributed by atoms with Gasteiger partial charge in [-0.3, -0.25) is 0 Å². The van der Waals surface area contributed by atoms with Crippen molar-refractivity contribution < 1.29 is 0 Å². The molecule has 1 atom stereocenters. The first-order valence-electron chi connectivity index (χ1n) is 6.99. The van der Waals surface area contributed by atoms with Gasteiger partial charge in [-0.2, -0.15) is 0 Å². The summed E-state index contributed by atoms with van der Waals surface area (Å²) in [6.07, 6.45) is 3.43. The first kappa shape index (κ1) is 14.2. The van der Waals surface area contributed by atoms with Gasteiger partial charge in [0.25, 0.3) is 0 Å². The fourth-order valence-electron chi connectivity index (χ4n) is 3.05. The lowest BCUT2D eigenvalue weighted by Gasteiger charge is -2.35. The van der Waals surface area contributed by atoms with Gasteiger partial charge in [-0.25, -0.2) is 0 Å². The van der Waals surface area contributed by atoms with Gasteiger partial charge in [0.05, 0.1) is 0 Å². The summed E-state index contributed by atoms with van der Waals surface area (Å²) in [6.45, 7) is 9.89. The van der Waals surface area contributed by atoms with Crippen molar-refractivity contribution in [1.82, 2.24) is 4.90 Å². The van der Waals surface area contributed by atoms with E-state index in [-0.39, 0.29) is 0 Å². The van der Waals surface area contributed by atoms with Crippen LogP contribution in [0.5, 0.6) is 0 Å². The fraction of sp³-hybridized carbons (Fsp3) is 0.412. The molecule has 0 saturated carbocycles. The molecule has 1 aliphatic heterocycles. The molecule has 0 aliphatic carbocycles. The van der Waals surface area contributed by atoms with Crippen LogP contribution in [0.15, 0.2) is 47.3 Å². The molecule has 0 saturated heterocycles. The lowest BCUT2D eigenvalue weighted by atomic mass is 9.85. The SMILES string of the molecule is CCC1=C(C)N(CC)C(C)=CC1c1cccc(Cl)c1. The molecule has 1 unspecified atom stereocenters. The molecule has 1 aliphatic rings. The van der Waals surface area contributed by atoms with Crippen molar-refractivity contribution in [2.24, 2.45) is 0 Å². The van der Waals surface area contributed by atoms with E-state index in [1.165, 1.54) is 22.5 Å². The van der Waals surface area contributed by atoms with E-state index in [2.05, 4.69) is 50.8 Å². The zero-order valence-corrected chi connectivity index (χ0v) is 13.0. The smallest absolute Gasteiger partial charge is 0.0409 e. The van der Waals surface area contributed by atoms with Crippen LogP contribution in [-0.2, 0) is 0 Å². The van der Waals surface area contributed by atoms with E-state index in [0.29, 0.717) is 5.92 Å². The molecular formula is C17H22ClN. The third-order valence-corrected chi connectivity index (χ3v) is 4.22. The van der Waals surface area contributed by atoms with Gasteiger partial charge in [0.1, 0.15) is 0 Å². The van der Waals surface area contributed by atoms with E-state index in [0.717, 1.165) is 18.0 Å². The lowest BCUT2D eigenvalue weighted by Crippen LogP contribution is -2.26. The standard InChI is InChI=1S/C17H22ClN/c1-5-16-13(4)19(6-2)12(3)10-17(16)14-8-7-9-15(18)11-14/h7-11,17H,5-6H2,1-4H3. The Bertz CT molecular complexity index is 528. The normalized spacial score (nSPS) is 19.7. The number of nitrogens with zero attached hydrogens (tertiary/aromatic N) is 1. The maximum Gasteiger partial charge on any atom is 0.0409 e. The molecule has 19 heavy (non-hydrogen) atoms. The highest BCUT2D eigenvalue weighted by Gasteiger charge is 2.23. The van der Waals surface area contributed by atoms with Gasteiger partial charge in [-0.05, 0) is 50.5 Å². The maximum atomic E-state index is 6.14. The number of hydrogen-bond donors (Lipinski definition) is 0. The predicted octanol–water partition coefficient (Wildman–Crippen LogP) is 5.35. The minimum atomic E-state index is 0.367. The van der Waals surface area contributed by atoms with Crippen molar-refractivity contribution in [2.75, 3.05) is 6.54 Å². The highest BCUT2D eigenvalue weighted by atomic mass is 35.5. The molecule has 102 valence electrons. The largest absolute Gasteiger partial charge is 0.350 e. The van der Waals surface area contributed by atoms with Gasteiger partial charge in [0.2, 0.25) is 0 Å². The zero-order valence-electron chi connectivity index (χ0n) is 12.2. The molecule has 1 nitrogen and oxygen atoms in total. The van der Waals surface area contributed by atoms with Gasteiger partial charge in [-0.15, -0.1) is 0 Å². The Kier molecular flexibility index (Phi) is 4.36. The Hall–Kier alpha value is -1.21. The number of halogens is 1. The monoisotopic (exact) mass is 275 g/mol. The summed E-state index contributed by atoms with van der Waals surface area (Å²) in [7, 11) is 0. The third kappa shape index (κ3) is 2.71. The summed E-state index contributed by atoms with van der Waals surface area (Å²) in [4.78, 5) is 2.39. The molecule has 2 heteroatoms. The topological polar surface area (TPSA) is 3.24 Å². The molecule has 2 rings (SSSR count). The highest BCUT2D eigenvalue weighted by molar-refractivity contribution is 6.30. The Morgan fingerprint density at radius 1 is 1.21 bits per heavy atom. The molecule has 1 heterocycles. The lowest BCUT2D eigenvalue weighted by molar-refractivity contribution is 0.427. The molecule has 0 fully saturated rings. The molecule has 0 radical (unpaired) electrons. The van der Waals surface area contributed by atoms with Crippen LogP contribution in [0.25, 0.3) is 0 Å². The van der Waals surface area contributed by atoms with Crippen molar-refractivity contribution in [2.45, 2.75) is 40.0 Å². The number of rotatable bonds is 3. The highest BCUT2D eigenvalue weighted by Crippen LogP contribution is 2.38. The molecule has 0 bridgehead atoms. The quantitative estimate of drug-likeness (QED) is 0.719. The van der Waals surface area contributed by atoms with E-state index in [1.54, 1.807) is 0 Å². The Morgan fingerprint density at radius 3 is 2.53 bits per heavy atom. The molecule has 0 spiro atoms. The van der Waals surface area contributed by atoms with Crippen LogP contribution in [0, 0.1) is 0 Å². The average molecular weight is 276 g/mol. The molecule has 1 aromatic carbocycles. The fourth-order valence-corrected chi connectivity index (χ4v) is 3.25. The van der Waals surface area contributed by atoms with Crippen LogP contribution in [0.1, 0.15) is 45.6 Å². The van der Waals surface area contributed by atoms with Crippen LogP contribution in [0.2, 0.25) is 5.02 Å².